The molecule has 5 nitrogen and oxygen atoms in total. The molecule has 0 aliphatic rings. The molecule has 1 rings (SSSR count). The maximum atomic E-state index is 5.97. The number of halogens is 1. The third kappa shape index (κ3) is 9.99. The largest absolute Gasteiger partial charge is 0.402 e. The minimum Gasteiger partial charge on any atom is -0.402 e. The van der Waals surface area contributed by atoms with Gasteiger partial charge < -0.3 is 5.73 Å². The van der Waals surface area contributed by atoms with Crippen LogP contribution in [0.1, 0.15) is 47.1 Å². The Morgan fingerprint density at radius 3 is 2.22 bits per heavy atom. The Bertz CT molecular complexity index is 666. The van der Waals surface area contributed by atoms with Crippen LogP contribution in [0.2, 0.25) is 5.02 Å². The van der Waals surface area contributed by atoms with Crippen molar-refractivity contribution in [2.24, 2.45) is 22.6 Å². The second-order valence-electron chi connectivity index (χ2n) is 6.00. The second-order valence-corrected chi connectivity index (χ2v) is 6.44. The van der Waals surface area contributed by atoms with Crippen LogP contribution in [0.5, 0.6) is 0 Å². The van der Waals surface area contributed by atoms with E-state index >= 15 is 0 Å². The molecule has 1 aromatic rings. The minimum atomic E-state index is 0.269. The van der Waals surface area contributed by atoms with Gasteiger partial charge in [-0.05, 0) is 49.6 Å². The molecule has 0 bridgehead atoms. The van der Waals surface area contributed by atoms with E-state index in [9.17, 15) is 0 Å². The van der Waals surface area contributed by atoms with Crippen molar-refractivity contribution in [2.75, 3.05) is 6.54 Å². The summed E-state index contributed by atoms with van der Waals surface area (Å²) in [4.78, 5) is 0. The van der Waals surface area contributed by atoms with Crippen LogP contribution in [0.25, 0.3) is 0 Å². The van der Waals surface area contributed by atoms with Crippen molar-refractivity contribution in [3.63, 3.8) is 0 Å². The summed E-state index contributed by atoms with van der Waals surface area (Å²) in [5, 5.41) is 5.23. The minimum absolute atomic E-state index is 0.269. The quantitative estimate of drug-likeness (QED) is 0.228. The fourth-order valence-corrected chi connectivity index (χ4v) is 2.15. The number of hydrogen-bond acceptors (Lipinski definition) is 5. The lowest BCUT2D eigenvalue weighted by atomic mass is 10.1. The van der Waals surface area contributed by atoms with Gasteiger partial charge in [0.25, 0.3) is 0 Å². The highest BCUT2D eigenvalue weighted by atomic mass is 35.5. The van der Waals surface area contributed by atoms with Gasteiger partial charge in [-0.25, -0.2) is 0 Å². The number of nitrogens with two attached hydrogens (primary N) is 2. The van der Waals surface area contributed by atoms with Crippen LogP contribution in [-0.2, 0) is 0 Å². The molecule has 0 spiro atoms. The van der Waals surface area contributed by atoms with Gasteiger partial charge >= 0.3 is 0 Å². The van der Waals surface area contributed by atoms with Gasteiger partial charge in [0.15, 0.2) is 0 Å². The lowest BCUT2D eigenvalue weighted by Gasteiger charge is -2.13. The average Bonchev–Trinajstić information content (AvgIpc) is 2.64. The molecule has 0 aromatic heterocycles. The molecule has 0 radical (unpaired) electrons. The first-order chi connectivity index (χ1) is 12.9. The summed E-state index contributed by atoms with van der Waals surface area (Å²) in [7, 11) is 0. The van der Waals surface area contributed by atoms with E-state index in [1.165, 1.54) is 0 Å². The monoisotopic (exact) mass is 391 g/mol. The van der Waals surface area contributed by atoms with Crippen molar-refractivity contribution < 1.29 is 0 Å². The van der Waals surface area contributed by atoms with Crippen LogP contribution < -0.4 is 22.4 Å². The molecule has 27 heavy (non-hydrogen) atoms. The molecule has 0 heterocycles. The Hall–Kier alpha value is -2.08. The predicted molar refractivity (Wildman–Crippen MR) is 119 cm³/mol. The zero-order valence-corrected chi connectivity index (χ0v) is 18.1. The second kappa shape index (κ2) is 14.0. The van der Waals surface area contributed by atoms with E-state index in [0.29, 0.717) is 17.3 Å². The molecule has 0 unspecified atom stereocenters. The Labute approximate surface area is 169 Å². The molecule has 150 valence electrons. The molecule has 1 aromatic carbocycles. The lowest BCUT2D eigenvalue weighted by molar-refractivity contribution is 0.670. The summed E-state index contributed by atoms with van der Waals surface area (Å²) in [6.45, 7) is 12.6. The summed E-state index contributed by atoms with van der Waals surface area (Å²) in [6, 6.07) is 7.49. The number of nitrogens with one attached hydrogen (secondary N) is 2. The maximum Gasteiger partial charge on any atom is 0.0922 e. The van der Waals surface area contributed by atoms with Crippen LogP contribution in [0.15, 0.2) is 64.6 Å². The summed E-state index contributed by atoms with van der Waals surface area (Å²) in [5.41, 5.74) is 16.1. The van der Waals surface area contributed by atoms with Gasteiger partial charge in [-0.15, -0.1) is 0 Å². The third-order valence-corrected chi connectivity index (χ3v) is 3.70. The summed E-state index contributed by atoms with van der Waals surface area (Å²) < 4.78 is 0. The predicted octanol–water partition coefficient (Wildman–Crippen LogP) is 4.47. The van der Waals surface area contributed by atoms with Crippen molar-refractivity contribution in [3.8, 4) is 0 Å². The first-order valence-corrected chi connectivity index (χ1v) is 9.58. The van der Waals surface area contributed by atoms with Gasteiger partial charge in [0.1, 0.15) is 0 Å². The molecular formula is C21H34ClN5. The SMILES string of the molecule is C/C=C(\C=C(/N/N=C(\C=C(/C)N)c1ccc(Cl)cc1)C(C)C)CNN.CC. The first kappa shape index (κ1) is 24.9. The van der Waals surface area contributed by atoms with Crippen LogP contribution in [0.4, 0.5) is 0 Å². The Morgan fingerprint density at radius 1 is 1.19 bits per heavy atom. The van der Waals surface area contributed by atoms with E-state index in [4.69, 9.17) is 23.2 Å². The van der Waals surface area contributed by atoms with Crippen LogP contribution in [0, 0.1) is 5.92 Å². The summed E-state index contributed by atoms with van der Waals surface area (Å²) >= 11 is 5.97. The Morgan fingerprint density at radius 2 is 1.78 bits per heavy atom. The molecule has 0 aliphatic heterocycles. The van der Waals surface area contributed by atoms with Crippen LogP contribution in [-0.4, -0.2) is 12.3 Å². The Kier molecular flexibility index (Phi) is 13.0. The number of benzene rings is 1. The number of allylic oxidation sites excluding steroid dienone is 4. The summed E-state index contributed by atoms with van der Waals surface area (Å²) in [6.07, 6.45) is 5.89. The van der Waals surface area contributed by atoms with E-state index < -0.39 is 0 Å². The topological polar surface area (TPSA) is 88.5 Å². The molecule has 0 atom stereocenters. The van der Waals surface area contributed by atoms with Gasteiger partial charge in [-0.2, -0.15) is 5.10 Å². The molecule has 0 amide bonds. The Balaban J connectivity index is 0.00000326. The number of nitrogens with zero attached hydrogens (tertiary/aromatic N) is 1. The van der Waals surface area contributed by atoms with Crippen molar-refractivity contribution in [2.45, 2.75) is 41.5 Å². The van der Waals surface area contributed by atoms with Crippen molar-refractivity contribution in [1.82, 2.24) is 10.9 Å². The maximum absolute atomic E-state index is 5.97. The first-order valence-electron chi connectivity index (χ1n) is 9.21. The smallest absolute Gasteiger partial charge is 0.0922 e. The van der Waals surface area contributed by atoms with Crippen LogP contribution >= 0.6 is 11.6 Å². The van der Waals surface area contributed by atoms with E-state index in [2.05, 4.69) is 29.8 Å². The normalized spacial score (nSPS) is 13.4. The van der Waals surface area contributed by atoms with E-state index in [1.807, 2.05) is 70.2 Å². The highest BCUT2D eigenvalue weighted by Gasteiger charge is 2.06. The van der Waals surface area contributed by atoms with Crippen LogP contribution in [0.3, 0.4) is 0 Å². The van der Waals surface area contributed by atoms with E-state index in [-0.39, 0.29) is 5.92 Å². The molecule has 6 N–H and O–H groups in total. The van der Waals surface area contributed by atoms with Crippen molar-refractivity contribution in [3.05, 3.63) is 70.0 Å². The number of hydrazone groups is 1. The van der Waals surface area contributed by atoms with Crippen molar-refractivity contribution >= 4 is 17.3 Å². The highest BCUT2D eigenvalue weighted by Crippen LogP contribution is 2.13. The lowest BCUT2D eigenvalue weighted by Crippen LogP contribution is -2.24. The molecule has 0 fully saturated rings. The molecule has 6 heteroatoms. The highest BCUT2D eigenvalue weighted by molar-refractivity contribution is 6.30. The molecule has 0 saturated heterocycles. The molecular weight excluding hydrogens is 358 g/mol. The van der Waals surface area contributed by atoms with Crippen molar-refractivity contribution in [1.29, 1.82) is 0 Å². The van der Waals surface area contributed by atoms with Gasteiger partial charge in [0.2, 0.25) is 0 Å². The number of hydrazine groups is 1. The van der Waals surface area contributed by atoms with Gasteiger partial charge in [0.05, 0.1) is 5.71 Å². The van der Waals surface area contributed by atoms with E-state index in [0.717, 1.165) is 22.5 Å². The fourth-order valence-electron chi connectivity index (χ4n) is 2.02. The zero-order chi connectivity index (χ0) is 20.8. The van der Waals surface area contributed by atoms with Gasteiger partial charge in [-0.3, -0.25) is 16.7 Å². The average molecular weight is 392 g/mol. The molecule has 0 aliphatic carbocycles. The standard InChI is InChI=1S/C19H28ClN5.C2H6/c1-5-15(12-23-22)11-18(13(2)3)24-25-19(10-14(4)21)16-6-8-17(20)9-7-16;1-2/h5-11,13,23-24H,12,21-22H2,1-4H3;1-2H3/b14-10+,15-5+,18-11-,25-19+;. The third-order valence-electron chi connectivity index (χ3n) is 3.45. The van der Waals surface area contributed by atoms with Gasteiger partial charge in [0, 0.05) is 28.5 Å². The van der Waals surface area contributed by atoms with E-state index in [1.54, 1.807) is 0 Å². The number of rotatable bonds is 8. The summed E-state index contributed by atoms with van der Waals surface area (Å²) in [5.74, 6) is 5.69. The van der Waals surface area contributed by atoms with Gasteiger partial charge in [-0.1, -0.05) is 57.5 Å². The zero-order valence-electron chi connectivity index (χ0n) is 17.3. The fraction of sp³-hybridized carbons (Fsp3) is 0.381. The molecule has 0 saturated carbocycles. The number of hydrogen-bond donors (Lipinski definition) is 4.